The predicted octanol–water partition coefficient (Wildman–Crippen LogP) is 4.16. The highest BCUT2D eigenvalue weighted by Gasteiger charge is 2.31. The van der Waals surface area contributed by atoms with E-state index in [0.717, 1.165) is 32.7 Å². The average molecular weight is 445 g/mol. The molecule has 3 rings (SSSR count). The maximum Gasteiger partial charge on any atom is 0.410 e. The Kier molecular flexibility index (Phi) is 7.00. The van der Waals surface area contributed by atoms with Crippen molar-refractivity contribution in [3.8, 4) is 0 Å². The molecule has 0 fully saturated rings. The van der Waals surface area contributed by atoms with Crippen LogP contribution < -0.4 is 5.32 Å². The summed E-state index contributed by atoms with van der Waals surface area (Å²) in [6.45, 7) is 8.88. The number of esters is 1. The number of thiophene rings is 1. The van der Waals surface area contributed by atoms with Gasteiger partial charge in [0, 0.05) is 11.4 Å². The third-order valence-electron chi connectivity index (χ3n) is 5.40. The van der Waals surface area contributed by atoms with Crippen molar-refractivity contribution in [2.75, 3.05) is 25.6 Å². The van der Waals surface area contributed by atoms with E-state index in [1.54, 1.807) is 11.8 Å². The molecule has 0 atom stereocenters. The van der Waals surface area contributed by atoms with Crippen LogP contribution in [0.5, 0.6) is 0 Å². The van der Waals surface area contributed by atoms with Crippen LogP contribution in [0.4, 0.5) is 9.80 Å². The van der Waals surface area contributed by atoms with Gasteiger partial charge < -0.3 is 19.7 Å². The van der Waals surface area contributed by atoms with Gasteiger partial charge in [0.2, 0.25) is 5.91 Å². The fraction of sp³-hybridized carbons (Fsp3) is 0.435. The molecule has 0 saturated carbocycles. The first-order chi connectivity index (χ1) is 14.7. The van der Waals surface area contributed by atoms with E-state index in [1.165, 1.54) is 18.4 Å². The Morgan fingerprint density at radius 2 is 1.84 bits per heavy atom. The minimum atomic E-state index is -0.486. The second-order valence-electron chi connectivity index (χ2n) is 7.67. The van der Waals surface area contributed by atoms with Gasteiger partial charge in [0.15, 0.2) is 0 Å². The van der Waals surface area contributed by atoms with Gasteiger partial charge in [-0.1, -0.05) is 17.7 Å². The number of amides is 2. The van der Waals surface area contributed by atoms with Crippen molar-refractivity contribution < 1.29 is 23.9 Å². The molecule has 0 unspecified atom stereocenters. The minimum Gasteiger partial charge on any atom is -0.465 e. The lowest BCUT2D eigenvalue weighted by Gasteiger charge is -2.26. The molecule has 0 saturated heterocycles. The first kappa shape index (κ1) is 22.8. The Morgan fingerprint density at radius 3 is 2.45 bits per heavy atom. The van der Waals surface area contributed by atoms with E-state index in [9.17, 15) is 14.4 Å². The van der Waals surface area contributed by atoms with Gasteiger partial charge in [0.1, 0.15) is 5.00 Å². The van der Waals surface area contributed by atoms with Gasteiger partial charge in [-0.05, 0) is 56.4 Å². The number of anilines is 1. The van der Waals surface area contributed by atoms with E-state index in [2.05, 4.69) is 17.4 Å². The molecule has 2 amide bonds. The lowest BCUT2D eigenvalue weighted by molar-refractivity contribution is -0.115. The molecule has 0 aliphatic carbocycles. The zero-order valence-corrected chi connectivity index (χ0v) is 19.4. The van der Waals surface area contributed by atoms with Gasteiger partial charge in [0.25, 0.3) is 0 Å². The number of carbonyl (C=O) groups is 3. The Hall–Kier alpha value is -2.87. The van der Waals surface area contributed by atoms with Gasteiger partial charge in [-0.25, -0.2) is 9.59 Å². The molecule has 8 heteroatoms. The molecule has 1 aromatic carbocycles. The van der Waals surface area contributed by atoms with Crippen molar-refractivity contribution in [3.05, 3.63) is 50.4 Å². The zero-order chi connectivity index (χ0) is 22.7. The largest absolute Gasteiger partial charge is 0.465 e. The lowest BCUT2D eigenvalue weighted by atomic mass is 9.97. The highest BCUT2D eigenvalue weighted by atomic mass is 32.1. The van der Waals surface area contributed by atoms with Crippen LogP contribution in [-0.2, 0) is 33.7 Å². The van der Waals surface area contributed by atoms with Crippen molar-refractivity contribution in [2.45, 2.75) is 47.1 Å². The number of hydrogen-bond donors (Lipinski definition) is 1. The third-order valence-corrected chi connectivity index (χ3v) is 6.54. The summed E-state index contributed by atoms with van der Waals surface area (Å²) in [6.07, 6.45) is 0.342. The molecule has 1 N–H and O–H groups in total. The Bertz CT molecular complexity index is 1000. The first-order valence-corrected chi connectivity index (χ1v) is 11.1. The number of fused-ring (bicyclic) bond motifs is 1. The molecule has 166 valence electrons. The predicted molar refractivity (Wildman–Crippen MR) is 120 cm³/mol. The molecule has 0 bridgehead atoms. The summed E-state index contributed by atoms with van der Waals surface area (Å²) in [5.41, 5.74) is 5.49. The smallest absolute Gasteiger partial charge is 0.410 e. The highest BCUT2D eigenvalue weighted by Crippen LogP contribution is 2.38. The van der Waals surface area contributed by atoms with Crippen LogP contribution in [0.15, 0.2) is 12.1 Å². The van der Waals surface area contributed by atoms with Crippen molar-refractivity contribution >= 4 is 34.3 Å². The number of nitrogens with one attached hydrogen (secondary N) is 1. The van der Waals surface area contributed by atoms with Crippen molar-refractivity contribution in [2.24, 2.45) is 0 Å². The van der Waals surface area contributed by atoms with Gasteiger partial charge in [-0.15, -0.1) is 11.3 Å². The third kappa shape index (κ3) is 4.90. The van der Waals surface area contributed by atoms with Crippen LogP contribution in [-0.4, -0.2) is 43.1 Å². The summed E-state index contributed by atoms with van der Waals surface area (Å²) in [5.74, 6) is -0.680. The number of hydrogen-bond acceptors (Lipinski definition) is 6. The zero-order valence-electron chi connectivity index (χ0n) is 18.6. The average Bonchev–Trinajstić information content (AvgIpc) is 3.07. The second-order valence-corrected chi connectivity index (χ2v) is 8.78. The lowest BCUT2D eigenvalue weighted by Crippen LogP contribution is -2.36. The van der Waals surface area contributed by atoms with E-state index in [-0.39, 0.29) is 18.4 Å². The van der Waals surface area contributed by atoms with Gasteiger partial charge in [0.05, 0.1) is 32.2 Å². The summed E-state index contributed by atoms with van der Waals surface area (Å²) >= 11 is 1.31. The molecule has 7 nitrogen and oxygen atoms in total. The number of aryl methyl sites for hydroxylation is 3. The van der Waals surface area contributed by atoms with Crippen LogP contribution in [0.1, 0.15) is 50.0 Å². The van der Waals surface area contributed by atoms with Gasteiger partial charge >= 0.3 is 12.1 Å². The van der Waals surface area contributed by atoms with Gasteiger partial charge in [-0.2, -0.15) is 0 Å². The SMILES string of the molecule is CCOC(=O)N1CCc2c(sc(NC(=O)Cc3c(C)cc(C)cc3C)c2C(=O)OC)C1. The van der Waals surface area contributed by atoms with Crippen molar-refractivity contribution in [1.82, 2.24) is 4.90 Å². The molecular weight excluding hydrogens is 416 g/mol. The van der Waals surface area contributed by atoms with Crippen LogP contribution >= 0.6 is 11.3 Å². The Morgan fingerprint density at radius 1 is 1.16 bits per heavy atom. The van der Waals surface area contributed by atoms with E-state index in [4.69, 9.17) is 9.47 Å². The molecule has 1 aliphatic rings. The summed E-state index contributed by atoms with van der Waals surface area (Å²) in [6, 6.07) is 4.12. The standard InChI is InChI=1S/C23H28N2O5S/c1-6-30-23(28)25-8-7-16-18(12-25)31-21(20(16)22(27)29-5)24-19(26)11-17-14(3)9-13(2)10-15(17)4/h9-10H,6-8,11-12H2,1-5H3,(H,24,26). The number of benzene rings is 1. The molecule has 0 radical (unpaired) electrons. The molecule has 0 spiro atoms. The summed E-state index contributed by atoms with van der Waals surface area (Å²) in [4.78, 5) is 39.9. The number of rotatable bonds is 5. The number of methoxy groups -OCH3 is 1. The fourth-order valence-corrected chi connectivity index (χ4v) is 5.27. The molecule has 2 heterocycles. The van der Waals surface area contributed by atoms with E-state index >= 15 is 0 Å². The van der Waals surface area contributed by atoms with Crippen LogP contribution in [0.25, 0.3) is 0 Å². The van der Waals surface area contributed by atoms with Crippen LogP contribution in [0, 0.1) is 20.8 Å². The van der Waals surface area contributed by atoms with Gasteiger partial charge in [-0.3, -0.25) is 4.79 Å². The van der Waals surface area contributed by atoms with Crippen molar-refractivity contribution in [3.63, 3.8) is 0 Å². The Balaban J connectivity index is 1.85. The molecule has 2 aromatic rings. The molecule has 1 aromatic heterocycles. The maximum atomic E-state index is 12.9. The highest BCUT2D eigenvalue weighted by molar-refractivity contribution is 7.17. The van der Waals surface area contributed by atoms with Crippen LogP contribution in [0.2, 0.25) is 0 Å². The van der Waals surface area contributed by atoms with E-state index in [0.29, 0.717) is 36.7 Å². The molecule has 1 aliphatic heterocycles. The molecule has 31 heavy (non-hydrogen) atoms. The van der Waals surface area contributed by atoms with E-state index < -0.39 is 5.97 Å². The topological polar surface area (TPSA) is 84.9 Å². The van der Waals surface area contributed by atoms with Crippen LogP contribution in [0.3, 0.4) is 0 Å². The summed E-state index contributed by atoms with van der Waals surface area (Å²) in [7, 11) is 1.32. The number of ether oxygens (including phenoxy) is 2. The quantitative estimate of drug-likeness (QED) is 0.700. The normalized spacial score (nSPS) is 12.9. The summed E-state index contributed by atoms with van der Waals surface area (Å²) < 4.78 is 10.1. The van der Waals surface area contributed by atoms with E-state index in [1.807, 2.05) is 20.8 Å². The first-order valence-electron chi connectivity index (χ1n) is 10.3. The summed E-state index contributed by atoms with van der Waals surface area (Å²) in [5, 5.41) is 3.38. The monoisotopic (exact) mass is 444 g/mol. The molecular formula is C23H28N2O5S. The fourth-order valence-electron chi connectivity index (χ4n) is 4.00. The minimum absolute atomic E-state index is 0.193. The number of carbonyl (C=O) groups excluding carboxylic acids is 3. The Labute approximate surface area is 186 Å². The number of nitrogens with zero attached hydrogens (tertiary/aromatic N) is 1. The second kappa shape index (κ2) is 9.51. The maximum absolute atomic E-state index is 12.9. The van der Waals surface area contributed by atoms with Crippen molar-refractivity contribution in [1.29, 1.82) is 0 Å².